The quantitative estimate of drug-likeness (QED) is 0.374. The lowest BCUT2D eigenvalue weighted by atomic mass is 10.1. The fourth-order valence-corrected chi connectivity index (χ4v) is 2.23. The van der Waals surface area contributed by atoms with Gasteiger partial charge in [0.2, 0.25) is 0 Å². The normalized spacial score (nSPS) is 10.9. The number of unbranched alkanes of at least 4 members (excludes halogenated alkanes) is 9. The Kier molecular flexibility index (Phi) is 13.4. The number of carbonyl (C=O) groups excluding carboxylic acids is 1. The molecule has 0 saturated heterocycles. The van der Waals surface area contributed by atoms with Crippen LogP contribution in [0.5, 0.6) is 0 Å². The zero-order valence-electron chi connectivity index (χ0n) is 13.2. The molecule has 0 aliphatic rings. The molecule has 0 unspecified atom stereocenters. The number of hydrogen-bond donors (Lipinski definition) is 0. The summed E-state index contributed by atoms with van der Waals surface area (Å²) < 4.78 is 4.64. The monoisotopic (exact) mass is 271 g/mol. The molecule has 0 saturated carbocycles. The van der Waals surface area contributed by atoms with Gasteiger partial charge < -0.3 is 4.74 Å². The van der Waals surface area contributed by atoms with Crippen LogP contribution < -0.4 is 0 Å². The molecular formula is C16H33NO2. The smallest absolute Gasteiger partial charge is 0.319 e. The Hall–Kier alpha value is -0.570. The van der Waals surface area contributed by atoms with Gasteiger partial charge in [0.1, 0.15) is 0 Å². The molecule has 0 aromatic carbocycles. The van der Waals surface area contributed by atoms with Crippen LogP contribution in [0.1, 0.15) is 71.1 Å². The minimum absolute atomic E-state index is 0.144. The first-order valence-electron chi connectivity index (χ1n) is 7.96. The first-order chi connectivity index (χ1) is 9.20. The highest BCUT2D eigenvalue weighted by molar-refractivity contribution is 5.71. The predicted molar refractivity (Wildman–Crippen MR) is 81.4 cm³/mol. The summed E-state index contributed by atoms with van der Waals surface area (Å²) in [5, 5.41) is 0. The molecule has 114 valence electrons. The van der Waals surface area contributed by atoms with E-state index in [0.29, 0.717) is 6.54 Å². The molecule has 0 aromatic heterocycles. The number of hydrogen-bond acceptors (Lipinski definition) is 3. The average molecular weight is 271 g/mol. The molecule has 19 heavy (non-hydrogen) atoms. The first-order valence-corrected chi connectivity index (χ1v) is 7.96. The highest BCUT2D eigenvalue weighted by atomic mass is 16.5. The van der Waals surface area contributed by atoms with Crippen LogP contribution in [0.2, 0.25) is 0 Å². The molecule has 0 aliphatic heterocycles. The summed E-state index contributed by atoms with van der Waals surface area (Å²) in [7, 11) is 3.42. The van der Waals surface area contributed by atoms with Crippen molar-refractivity contribution in [2.45, 2.75) is 71.1 Å². The first kappa shape index (κ1) is 18.4. The molecule has 0 fully saturated rings. The third kappa shape index (κ3) is 13.7. The summed E-state index contributed by atoms with van der Waals surface area (Å²) in [5.74, 6) is -0.144. The number of carbonyl (C=O) groups is 1. The molecule has 0 spiro atoms. The van der Waals surface area contributed by atoms with Gasteiger partial charge in [-0.2, -0.15) is 0 Å². The SMILES string of the molecule is CCCCCCCCCCCCN(C)CC(=O)OC. The molecule has 0 bridgehead atoms. The van der Waals surface area contributed by atoms with E-state index < -0.39 is 0 Å². The minimum atomic E-state index is -0.144. The lowest BCUT2D eigenvalue weighted by molar-refractivity contribution is -0.141. The highest BCUT2D eigenvalue weighted by Gasteiger charge is 2.04. The Morgan fingerprint density at radius 2 is 1.37 bits per heavy atom. The molecule has 0 aromatic rings. The Labute approximate surface area is 119 Å². The fourth-order valence-electron chi connectivity index (χ4n) is 2.23. The van der Waals surface area contributed by atoms with Crippen LogP contribution in [-0.2, 0) is 9.53 Å². The van der Waals surface area contributed by atoms with Gasteiger partial charge in [-0.05, 0) is 20.0 Å². The fraction of sp³-hybridized carbons (Fsp3) is 0.938. The molecule has 0 rings (SSSR count). The van der Waals surface area contributed by atoms with Gasteiger partial charge in [-0.25, -0.2) is 0 Å². The lowest BCUT2D eigenvalue weighted by Gasteiger charge is -2.14. The lowest BCUT2D eigenvalue weighted by Crippen LogP contribution is -2.27. The van der Waals surface area contributed by atoms with Gasteiger partial charge in [-0.3, -0.25) is 9.69 Å². The van der Waals surface area contributed by atoms with Crippen molar-refractivity contribution >= 4 is 5.97 Å². The summed E-state index contributed by atoms with van der Waals surface area (Å²) in [6.45, 7) is 3.66. The van der Waals surface area contributed by atoms with Crippen LogP contribution in [0.3, 0.4) is 0 Å². The highest BCUT2D eigenvalue weighted by Crippen LogP contribution is 2.10. The maximum Gasteiger partial charge on any atom is 0.319 e. The number of esters is 1. The second kappa shape index (κ2) is 13.9. The van der Waals surface area contributed by atoms with Gasteiger partial charge in [-0.15, -0.1) is 0 Å². The molecule has 0 aliphatic carbocycles. The van der Waals surface area contributed by atoms with Crippen LogP contribution in [0.25, 0.3) is 0 Å². The van der Waals surface area contributed by atoms with E-state index in [2.05, 4.69) is 11.7 Å². The average Bonchev–Trinajstić information content (AvgIpc) is 2.40. The minimum Gasteiger partial charge on any atom is -0.468 e. The van der Waals surface area contributed by atoms with E-state index in [9.17, 15) is 4.79 Å². The van der Waals surface area contributed by atoms with Gasteiger partial charge >= 0.3 is 5.97 Å². The van der Waals surface area contributed by atoms with Crippen molar-refractivity contribution in [2.24, 2.45) is 0 Å². The number of methoxy groups -OCH3 is 1. The van der Waals surface area contributed by atoms with E-state index in [4.69, 9.17) is 0 Å². The summed E-state index contributed by atoms with van der Waals surface area (Å²) in [5.41, 5.74) is 0. The van der Waals surface area contributed by atoms with Gasteiger partial charge in [0.25, 0.3) is 0 Å². The van der Waals surface area contributed by atoms with Crippen molar-refractivity contribution in [2.75, 3.05) is 27.2 Å². The van der Waals surface area contributed by atoms with Crippen molar-refractivity contribution in [1.82, 2.24) is 4.90 Å². The predicted octanol–water partition coefficient (Wildman–Crippen LogP) is 4.01. The van der Waals surface area contributed by atoms with Crippen LogP contribution in [-0.4, -0.2) is 38.1 Å². The third-order valence-electron chi connectivity index (χ3n) is 3.52. The molecule has 0 radical (unpaired) electrons. The van der Waals surface area contributed by atoms with Gasteiger partial charge in [0.15, 0.2) is 0 Å². The van der Waals surface area contributed by atoms with Crippen molar-refractivity contribution in [1.29, 1.82) is 0 Å². The van der Waals surface area contributed by atoms with Crippen LogP contribution in [0.4, 0.5) is 0 Å². The van der Waals surface area contributed by atoms with Gasteiger partial charge in [-0.1, -0.05) is 64.7 Å². The summed E-state index contributed by atoms with van der Waals surface area (Å²) >= 11 is 0. The Morgan fingerprint density at radius 1 is 0.895 bits per heavy atom. The van der Waals surface area contributed by atoms with Crippen LogP contribution in [0.15, 0.2) is 0 Å². The Balaban J connectivity index is 3.16. The zero-order valence-corrected chi connectivity index (χ0v) is 13.2. The van der Waals surface area contributed by atoms with E-state index in [1.165, 1.54) is 71.3 Å². The van der Waals surface area contributed by atoms with E-state index >= 15 is 0 Å². The number of ether oxygens (including phenoxy) is 1. The number of likely N-dealkylation sites (N-methyl/N-ethyl adjacent to an activating group) is 1. The van der Waals surface area contributed by atoms with Gasteiger partial charge in [0, 0.05) is 0 Å². The van der Waals surface area contributed by atoms with E-state index in [1.54, 1.807) is 0 Å². The molecule has 0 amide bonds. The van der Waals surface area contributed by atoms with Crippen LogP contribution in [0, 0.1) is 0 Å². The van der Waals surface area contributed by atoms with Crippen molar-refractivity contribution < 1.29 is 9.53 Å². The largest absolute Gasteiger partial charge is 0.468 e. The maximum atomic E-state index is 11.0. The molecule has 3 heteroatoms. The molecule has 0 heterocycles. The molecule has 3 nitrogen and oxygen atoms in total. The maximum absolute atomic E-state index is 11.0. The number of nitrogens with zero attached hydrogens (tertiary/aromatic N) is 1. The Morgan fingerprint density at radius 3 is 1.84 bits per heavy atom. The second-order valence-electron chi connectivity index (χ2n) is 5.50. The van der Waals surface area contributed by atoms with Crippen molar-refractivity contribution in [3.8, 4) is 0 Å². The van der Waals surface area contributed by atoms with Crippen molar-refractivity contribution in [3.63, 3.8) is 0 Å². The molecule has 0 atom stereocenters. The zero-order chi connectivity index (χ0) is 14.3. The van der Waals surface area contributed by atoms with Crippen molar-refractivity contribution in [3.05, 3.63) is 0 Å². The third-order valence-corrected chi connectivity index (χ3v) is 3.52. The van der Waals surface area contributed by atoms with E-state index in [1.807, 2.05) is 11.9 Å². The summed E-state index contributed by atoms with van der Waals surface area (Å²) in [4.78, 5) is 13.1. The number of rotatable bonds is 13. The summed E-state index contributed by atoms with van der Waals surface area (Å²) in [6, 6.07) is 0. The van der Waals surface area contributed by atoms with Crippen LogP contribution >= 0.6 is 0 Å². The Bertz CT molecular complexity index is 207. The van der Waals surface area contributed by atoms with Gasteiger partial charge in [0.05, 0.1) is 13.7 Å². The second-order valence-corrected chi connectivity index (χ2v) is 5.50. The molecule has 0 N–H and O–H groups in total. The molecular weight excluding hydrogens is 238 g/mol. The summed E-state index contributed by atoms with van der Waals surface area (Å²) in [6.07, 6.45) is 13.5. The van der Waals surface area contributed by atoms with E-state index in [0.717, 1.165) is 6.54 Å². The van der Waals surface area contributed by atoms with E-state index in [-0.39, 0.29) is 5.97 Å². The topological polar surface area (TPSA) is 29.5 Å². The standard InChI is InChI=1S/C16H33NO2/c1-4-5-6-7-8-9-10-11-12-13-14-17(2)15-16(18)19-3/h4-15H2,1-3H3.